The number of rotatable bonds is 7. The quantitative estimate of drug-likeness (QED) is 0.555. The Labute approximate surface area is 162 Å². The fourth-order valence-electron chi connectivity index (χ4n) is 2.47. The number of carbonyl (C=O) groups is 2. The van der Waals surface area contributed by atoms with Gasteiger partial charge in [0.05, 0.1) is 6.61 Å². The zero-order valence-electron chi connectivity index (χ0n) is 15.8. The molecule has 0 saturated carbocycles. The lowest BCUT2D eigenvalue weighted by Crippen LogP contribution is -2.05. The van der Waals surface area contributed by atoms with E-state index in [0.717, 1.165) is 0 Å². The Balaban J connectivity index is 2.31. The Morgan fingerprint density at radius 3 is 2.39 bits per heavy atom. The van der Waals surface area contributed by atoms with Crippen LogP contribution in [-0.4, -0.2) is 28.8 Å². The monoisotopic (exact) mass is 386 g/mol. The van der Waals surface area contributed by atoms with Crippen LogP contribution in [0.15, 0.2) is 42.5 Å². The van der Waals surface area contributed by atoms with Crippen LogP contribution in [-0.2, 0) is 9.59 Å². The minimum atomic E-state index is -1.03. The number of aromatic hydroxyl groups is 1. The molecule has 0 aromatic heterocycles. The van der Waals surface area contributed by atoms with E-state index in [2.05, 4.69) is 0 Å². The molecule has 0 aliphatic heterocycles. The lowest BCUT2D eigenvalue weighted by Gasteiger charge is -2.14. The number of esters is 2. The van der Waals surface area contributed by atoms with Crippen molar-refractivity contribution in [2.45, 2.75) is 26.9 Å². The number of ether oxygens (including phenoxy) is 3. The van der Waals surface area contributed by atoms with Crippen LogP contribution >= 0.6 is 0 Å². The van der Waals surface area contributed by atoms with Crippen molar-refractivity contribution in [2.24, 2.45) is 0 Å². The highest BCUT2D eigenvalue weighted by Gasteiger charge is 2.13. The molecular weight excluding hydrogens is 364 g/mol. The summed E-state index contributed by atoms with van der Waals surface area (Å²) in [4.78, 5) is 22.5. The van der Waals surface area contributed by atoms with Crippen molar-refractivity contribution in [3.8, 4) is 23.0 Å². The Bertz CT molecular complexity index is 886. The molecule has 7 nitrogen and oxygen atoms in total. The number of phenolic OH excluding ortho intramolecular Hbond substituents is 1. The van der Waals surface area contributed by atoms with Crippen molar-refractivity contribution in [3.63, 3.8) is 0 Å². The largest absolute Gasteiger partial charge is 0.508 e. The summed E-state index contributed by atoms with van der Waals surface area (Å²) >= 11 is 0. The predicted octanol–water partition coefficient (Wildman–Crippen LogP) is 3.39. The van der Waals surface area contributed by atoms with Crippen LogP contribution in [0.2, 0.25) is 0 Å². The number of hydrogen-bond donors (Lipinski definition) is 2. The molecule has 0 bridgehead atoms. The molecule has 0 aliphatic carbocycles. The van der Waals surface area contributed by atoms with Crippen LogP contribution in [0.25, 0.3) is 6.08 Å². The van der Waals surface area contributed by atoms with E-state index in [4.69, 9.17) is 14.2 Å². The van der Waals surface area contributed by atoms with Gasteiger partial charge < -0.3 is 24.4 Å². The van der Waals surface area contributed by atoms with Crippen LogP contribution in [0.4, 0.5) is 0 Å². The molecule has 2 aromatic carbocycles. The van der Waals surface area contributed by atoms with Crippen molar-refractivity contribution in [3.05, 3.63) is 53.6 Å². The van der Waals surface area contributed by atoms with Gasteiger partial charge in [-0.1, -0.05) is 12.2 Å². The average molecular weight is 386 g/mol. The molecule has 1 atom stereocenters. The minimum Gasteiger partial charge on any atom is -0.508 e. The predicted molar refractivity (Wildman–Crippen MR) is 102 cm³/mol. The Morgan fingerprint density at radius 2 is 1.75 bits per heavy atom. The van der Waals surface area contributed by atoms with E-state index < -0.39 is 18.0 Å². The smallest absolute Gasteiger partial charge is 0.308 e. The van der Waals surface area contributed by atoms with E-state index in [9.17, 15) is 19.8 Å². The molecule has 148 valence electrons. The van der Waals surface area contributed by atoms with Crippen molar-refractivity contribution in [1.82, 2.24) is 0 Å². The van der Waals surface area contributed by atoms with E-state index in [1.165, 1.54) is 38.1 Å². The van der Waals surface area contributed by atoms with Gasteiger partial charge in [0.1, 0.15) is 29.1 Å². The Kier molecular flexibility index (Phi) is 7.17. The molecule has 0 amide bonds. The van der Waals surface area contributed by atoms with E-state index in [-0.39, 0.29) is 17.2 Å². The summed E-state index contributed by atoms with van der Waals surface area (Å²) < 4.78 is 15.6. The van der Waals surface area contributed by atoms with Gasteiger partial charge in [-0.2, -0.15) is 0 Å². The molecule has 7 heteroatoms. The third-order valence-corrected chi connectivity index (χ3v) is 3.57. The third-order valence-electron chi connectivity index (χ3n) is 3.57. The molecule has 2 aromatic rings. The van der Waals surface area contributed by atoms with Crippen molar-refractivity contribution in [1.29, 1.82) is 0 Å². The fourth-order valence-corrected chi connectivity index (χ4v) is 2.47. The second-order valence-corrected chi connectivity index (χ2v) is 5.85. The molecule has 0 aliphatic rings. The highest BCUT2D eigenvalue weighted by Crippen LogP contribution is 2.32. The number of benzene rings is 2. The summed E-state index contributed by atoms with van der Waals surface area (Å²) in [6.45, 7) is 4.70. The van der Waals surface area contributed by atoms with Gasteiger partial charge in [0.25, 0.3) is 0 Å². The Morgan fingerprint density at radius 1 is 1.04 bits per heavy atom. The normalized spacial score (nSPS) is 11.9. The summed E-state index contributed by atoms with van der Waals surface area (Å²) in [5.41, 5.74) is 0.975. The average Bonchev–Trinajstić information content (AvgIpc) is 2.60. The number of carbonyl (C=O) groups excluding carboxylic acids is 2. The number of hydrogen-bond acceptors (Lipinski definition) is 7. The van der Waals surface area contributed by atoms with Crippen LogP contribution in [0.1, 0.15) is 38.0 Å². The van der Waals surface area contributed by atoms with E-state index in [1.807, 2.05) is 0 Å². The number of aliphatic hydroxyl groups is 1. The van der Waals surface area contributed by atoms with Crippen molar-refractivity contribution < 1.29 is 34.0 Å². The van der Waals surface area contributed by atoms with Crippen LogP contribution < -0.4 is 14.2 Å². The van der Waals surface area contributed by atoms with Crippen LogP contribution in [0.3, 0.4) is 0 Å². The van der Waals surface area contributed by atoms with Gasteiger partial charge in [-0.3, -0.25) is 9.59 Å². The van der Waals surface area contributed by atoms with E-state index >= 15 is 0 Å². The first-order chi connectivity index (χ1) is 13.3. The summed E-state index contributed by atoms with van der Waals surface area (Å²) in [6, 6.07) is 9.00. The maximum Gasteiger partial charge on any atom is 0.308 e. The van der Waals surface area contributed by atoms with Crippen molar-refractivity contribution in [2.75, 3.05) is 6.61 Å². The highest BCUT2D eigenvalue weighted by atomic mass is 16.5. The summed E-state index contributed by atoms with van der Waals surface area (Å²) in [6.07, 6.45) is 2.03. The summed E-state index contributed by atoms with van der Waals surface area (Å²) in [7, 11) is 0. The van der Waals surface area contributed by atoms with Gasteiger partial charge in [0.15, 0.2) is 0 Å². The van der Waals surface area contributed by atoms with Gasteiger partial charge in [-0.25, -0.2) is 0 Å². The zero-order valence-corrected chi connectivity index (χ0v) is 15.8. The first-order valence-corrected chi connectivity index (χ1v) is 8.63. The van der Waals surface area contributed by atoms with Gasteiger partial charge >= 0.3 is 11.9 Å². The maximum absolute atomic E-state index is 11.4. The second kappa shape index (κ2) is 9.57. The minimum absolute atomic E-state index is 0.0292. The lowest BCUT2D eigenvalue weighted by atomic mass is 10.1. The SMILES string of the molecule is CCOc1cc(O)ccc1C(O)C=Cc1ccc(OC(C)=O)cc1OC(C)=O. The molecule has 0 fully saturated rings. The summed E-state index contributed by atoms with van der Waals surface area (Å²) in [5, 5.41) is 20.1. The topological polar surface area (TPSA) is 102 Å². The van der Waals surface area contributed by atoms with Gasteiger partial charge in [-0.15, -0.1) is 0 Å². The van der Waals surface area contributed by atoms with Gasteiger partial charge in [-0.05, 0) is 31.2 Å². The third kappa shape index (κ3) is 5.85. The van der Waals surface area contributed by atoms with E-state index in [0.29, 0.717) is 23.5 Å². The molecule has 0 heterocycles. The number of phenols is 1. The van der Waals surface area contributed by atoms with Crippen molar-refractivity contribution >= 4 is 18.0 Å². The zero-order chi connectivity index (χ0) is 20.7. The molecule has 2 rings (SSSR count). The molecule has 1 unspecified atom stereocenters. The highest BCUT2D eigenvalue weighted by molar-refractivity contribution is 5.74. The first kappa shape index (κ1) is 21.0. The number of aliphatic hydroxyl groups excluding tert-OH is 1. The Hall–Kier alpha value is -3.32. The molecule has 2 N–H and O–H groups in total. The lowest BCUT2D eigenvalue weighted by molar-refractivity contribution is -0.132. The molecule has 28 heavy (non-hydrogen) atoms. The second-order valence-electron chi connectivity index (χ2n) is 5.85. The first-order valence-electron chi connectivity index (χ1n) is 8.63. The van der Waals surface area contributed by atoms with Gasteiger partial charge in [0.2, 0.25) is 0 Å². The van der Waals surface area contributed by atoms with Crippen LogP contribution in [0, 0.1) is 0 Å². The van der Waals surface area contributed by atoms with Gasteiger partial charge in [0, 0.05) is 37.1 Å². The molecule has 0 spiro atoms. The van der Waals surface area contributed by atoms with Crippen LogP contribution in [0.5, 0.6) is 23.0 Å². The summed E-state index contributed by atoms with van der Waals surface area (Å²) in [5.74, 6) is -0.216. The molecular formula is C21H22O7. The fraction of sp³-hybridized carbons (Fsp3) is 0.238. The molecule has 0 saturated heterocycles. The van der Waals surface area contributed by atoms with E-state index in [1.54, 1.807) is 31.2 Å². The maximum atomic E-state index is 11.4. The standard InChI is InChI=1S/C21H22O7/c1-4-26-21-11-16(24)7-9-18(21)19(25)10-6-15-5-8-17(27-13(2)22)12-20(15)28-14(3)23/h5-12,19,24-25H,4H2,1-3H3. The molecule has 0 radical (unpaired) electrons.